The number of carbonyl (C=O) groups excluding carboxylic acids is 1. The largest absolute Gasteiger partial charge is 0.497 e. The van der Waals surface area contributed by atoms with E-state index in [-0.39, 0.29) is 5.91 Å². The molecule has 5 nitrogen and oxygen atoms in total. The predicted octanol–water partition coefficient (Wildman–Crippen LogP) is 4.29. The van der Waals surface area contributed by atoms with E-state index in [1.54, 1.807) is 31.6 Å². The second-order valence-electron chi connectivity index (χ2n) is 5.84. The molecule has 4 aromatic rings. The van der Waals surface area contributed by atoms with E-state index < -0.39 is 0 Å². The number of nitrogens with one attached hydrogen (secondary N) is 1. The van der Waals surface area contributed by atoms with Crippen molar-refractivity contribution in [2.24, 2.45) is 0 Å². The van der Waals surface area contributed by atoms with Crippen LogP contribution in [0.2, 0.25) is 0 Å². The molecule has 26 heavy (non-hydrogen) atoms. The highest BCUT2D eigenvalue weighted by atomic mass is 16.5. The molecule has 0 saturated heterocycles. The summed E-state index contributed by atoms with van der Waals surface area (Å²) in [6, 6.07) is 22.8. The number of amides is 1. The second kappa shape index (κ2) is 6.72. The number of nitrogens with zero attached hydrogens (tertiary/aromatic N) is 2. The van der Waals surface area contributed by atoms with E-state index in [9.17, 15) is 4.79 Å². The van der Waals surface area contributed by atoms with E-state index in [0.29, 0.717) is 17.0 Å². The van der Waals surface area contributed by atoms with Crippen molar-refractivity contribution in [3.05, 3.63) is 84.7 Å². The highest BCUT2D eigenvalue weighted by Gasteiger charge is 2.11. The lowest BCUT2D eigenvalue weighted by Crippen LogP contribution is -2.11. The number of anilines is 1. The van der Waals surface area contributed by atoms with Gasteiger partial charge in [0.25, 0.3) is 5.91 Å². The van der Waals surface area contributed by atoms with Crippen molar-refractivity contribution < 1.29 is 9.53 Å². The SMILES string of the molecule is COc1cccc(NC(=O)c2ccc3c(c2)ncn3-c2ccccc2)c1. The Bertz CT molecular complexity index is 1070. The van der Waals surface area contributed by atoms with E-state index in [2.05, 4.69) is 10.3 Å². The van der Waals surface area contributed by atoms with Gasteiger partial charge in [-0.3, -0.25) is 9.36 Å². The number of carbonyl (C=O) groups is 1. The maximum Gasteiger partial charge on any atom is 0.255 e. The molecule has 0 radical (unpaired) electrons. The molecule has 0 saturated carbocycles. The number of rotatable bonds is 4. The van der Waals surface area contributed by atoms with E-state index >= 15 is 0 Å². The van der Waals surface area contributed by atoms with Crippen LogP contribution in [0.1, 0.15) is 10.4 Å². The zero-order valence-electron chi connectivity index (χ0n) is 14.2. The Hall–Kier alpha value is -3.60. The van der Waals surface area contributed by atoms with Crippen molar-refractivity contribution >= 4 is 22.6 Å². The zero-order valence-corrected chi connectivity index (χ0v) is 14.2. The van der Waals surface area contributed by atoms with Gasteiger partial charge in [0.2, 0.25) is 0 Å². The number of para-hydroxylation sites is 1. The summed E-state index contributed by atoms with van der Waals surface area (Å²) >= 11 is 0. The third-order valence-electron chi connectivity index (χ3n) is 4.17. The number of imidazole rings is 1. The van der Waals surface area contributed by atoms with Gasteiger partial charge < -0.3 is 10.1 Å². The molecule has 1 heterocycles. The molecule has 4 rings (SSSR count). The second-order valence-corrected chi connectivity index (χ2v) is 5.84. The smallest absolute Gasteiger partial charge is 0.255 e. The predicted molar refractivity (Wildman–Crippen MR) is 102 cm³/mol. The third-order valence-corrected chi connectivity index (χ3v) is 4.17. The molecule has 0 spiro atoms. The molecule has 0 aliphatic carbocycles. The highest BCUT2D eigenvalue weighted by molar-refractivity contribution is 6.06. The fourth-order valence-corrected chi connectivity index (χ4v) is 2.85. The normalized spacial score (nSPS) is 10.7. The van der Waals surface area contributed by atoms with Gasteiger partial charge in [-0.25, -0.2) is 4.98 Å². The van der Waals surface area contributed by atoms with E-state index in [4.69, 9.17) is 4.74 Å². The number of benzene rings is 3. The molecule has 5 heteroatoms. The van der Waals surface area contributed by atoms with Gasteiger partial charge >= 0.3 is 0 Å². The molecule has 0 atom stereocenters. The molecule has 128 valence electrons. The Kier molecular flexibility index (Phi) is 4.11. The van der Waals surface area contributed by atoms with Crippen molar-refractivity contribution in [2.45, 2.75) is 0 Å². The molecule has 0 unspecified atom stereocenters. The lowest BCUT2D eigenvalue weighted by molar-refractivity contribution is 0.102. The summed E-state index contributed by atoms with van der Waals surface area (Å²) in [5.41, 5.74) is 3.99. The first-order valence-electron chi connectivity index (χ1n) is 8.22. The third kappa shape index (κ3) is 3.02. The van der Waals surface area contributed by atoms with Crippen molar-refractivity contribution in [3.8, 4) is 11.4 Å². The van der Waals surface area contributed by atoms with Crippen LogP contribution in [0, 0.1) is 0 Å². The number of ether oxygens (including phenoxy) is 1. The summed E-state index contributed by atoms with van der Waals surface area (Å²) in [6.45, 7) is 0. The number of fused-ring (bicyclic) bond motifs is 1. The van der Waals surface area contributed by atoms with Gasteiger partial charge in [-0.1, -0.05) is 24.3 Å². The van der Waals surface area contributed by atoms with Gasteiger partial charge in [0.1, 0.15) is 12.1 Å². The molecule has 1 amide bonds. The van der Waals surface area contributed by atoms with Crippen LogP contribution < -0.4 is 10.1 Å². The molecular weight excluding hydrogens is 326 g/mol. The molecule has 0 bridgehead atoms. The van der Waals surface area contributed by atoms with Crippen LogP contribution in [0.4, 0.5) is 5.69 Å². The quantitative estimate of drug-likeness (QED) is 0.601. The number of hydrogen-bond donors (Lipinski definition) is 1. The fraction of sp³-hybridized carbons (Fsp3) is 0.0476. The summed E-state index contributed by atoms with van der Waals surface area (Å²) in [5, 5.41) is 2.88. The summed E-state index contributed by atoms with van der Waals surface area (Å²) < 4.78 is 7.18. The minimum Gasteiger partial charge on any atom is -0.497 e. The van der Waals surface area contributed by atoms with Crippen LogP contribution in [0.25, 0.3) is 16.7 Å². The van der Waals surface area contributed by atoms with Crippen molar-refractivity contribution in [2.75, 3.05) is 12.4 Å². The van der Waals surface area contributed by atoms with Gasteiger partial charge in [-0.15, -0.1) is 0 Å². The van der Waals surface area contributed by atoms with Crippen LogP contribution in [-0.2, 0) is 0 Å². The maximum absolute atomic E-state index is 12.5. The van der Waals surface area contributed by atoms with Crippen LogP contribution in [0.3, 0.4) is 0 Å². The molecule has 0 aliphatic rings. The van der Waals surface area contributed by atoms with Gasteiger partial charge in [0, 0.05) is 23.0 Å². The Morgan fingerprint density at radius 3 is 2.65 bits per heavy atom. The van der Waals surface area contributed by atoms with Crippen LogP contribution in [0.5, 0.6) is 5.75 Å². The van der Waals surface area contributed by atoms with Gasteiger partial charge in [-0.2, -0.15) is 0 Å². The molecular formula is C21H17N3O2. The van der Waals surface area contributed by atoms with Crippen LogP contribution in [0.15, 0.2) is 79.1 Å². The Labute approximate surface area is 150 Å². The van der Waals surface area contributed by atoms with E-state index in [1.807, 2.05) is 59.2 Å². The van der Waals surface area contributed by atoms with Crippen molar-refractivity contribution in [3.63, 3.8) is 0 Å². The van der Waals surface area contributed by atoms with Crippen LogP contribution in [-0.4, -0.2) is 22.6 Å². The standard InChI is InChI=1S/C21H17N3O2/c1-26-18-9-5-6-16(13-18)23-21(25)15-10-11-20-19(12-15)22-14-24(20)17-7-3-2-4-8-17/h2-14H,1H3,(H,23,25). The molecule has 0 aliphatic heterocycles. The first kappa shape index (κ1) is 15.9. The number of aromatic nitrogens is 2. The highest BCUT2D eigenvalue weighted by Crippen LogP contribution is 2.21. The molecule has 1 N–H and O–H groups in total. The Morgan fingerprint density at radius 1 is 1.00 bits per heavy atom. The Balaban J connectivity index is 1.62. The number of methoxy groups -OCH3 is 1. The monoisotopic (exact) mass is 343 g/mol. The lowest BCUT2D eigenvalue weighted by Gasteiger charge is -2.08. The maximum atomic E-state index is 12.5. The van der Waals surface area contributed by atoms with E-state index in [0.717, 1.165) is 16.7 Å². The Morgan fingerprint density at radius 2 is 1.85 bits per heavy atom. The van der Waals surface area contributed by atoms with Gasteiger partial charge in [-0.05, 0) is 42.5 Å². The summed E-state index contributed by atoms with van der Waals surface area (Å²) in [6.07, 6.45) is 1.77. The van der Waals surface area contributed by atoms with Crippen molar-refractivity contribution in [1.82, 2.24) is 9.55 Å². The molecule has 3 aromatic carbocycles. The summed E-state index contributed by atoms with van der Waals surface area (Å²) in [7, 11) is 1.60. The minimum absolute atomic E-state index is 0.186. The van der Waals surface area contributed by atoms with Crippen molar-refractivity contribution in [1.29, 1.82) is 0 Å². The summed E-state index contributed by atoms with van der Waals surface area (Å²) in [5.74, 6) is 0.509. The van der Waals surface area contributed by atoms with Gasteiger partial charge in [0.05, 0.1) is 18.1 Å². The fourth-order valence-electron chi connectivity index (χ4n) is 2.85. The van der Waals surface area contributed by atoms with Gasteiger partial charge in [0.15, 0.2) is 0 Å². The van der Waals surface area contributed by atoms with Crippen LogP contribution >= 0.6 is 0 Å². The molecule has 0 fully saturated rings. The average molecular weight is 343 g/mol. The molecule has 1 aromatic heterocycles. The average Bonchev–Trinajstić information content (AvgIpc) is 3.12. The first-order valence-corrected chi connectivity index (χ1v) is 8.22. The summed E-state index contributed by atoms with van der Waals surface area (Å²) in [4.78, 5) is 17.0. The minimum atomic E-state index is -0.186. The number of hydrogen-bond acceptors (Lipinski definition) is 3. The zero-order chi connectivity index (χ0) is 17.9. The first-order chi connectivity index (χ1) is 12.7. The topological polar surface area (TPSA) is 56.1 Å². The lowest BCUT2D eigenvalue weighted by atomic mass is 10.1. The van der Waals surface area contributed by atoms with E-state index in [1.165, 1.54) is 0 Å².